The van der Waals surface area contributed by atoms with Crippen LogP contribution in [0.1, 0.15) is 17.0 Å². The topological polar surface area (TPSA) is 111 Å². The lowest BCUT2D eigenvalue weighted by Crippen LogP contribution is -2.39. The molecule has 0 aromatic carbocycles. The van der Waals surface area contributed by atoms with Gasteiger partial charge in [-0.1, -0.05) is 0 Å². The summed E-state index contributed by atoms with van der Waals surface area (Å²) in [5, 5.41) is 0. The van der Waals surface area contributed by atoms with E-state index in [4.69, 9.17) is 25.9 Å². The molecule has 0 unspecified atom stereocenters. The number of morpholine rings is 2. The van der Waals surface area contributed by atoms with E-state index in [1.165, 1.54) is 0 Å². The van der Waals surface area contributed by atoms with Gasteiger partial charge in [-0.05, 0) is 18.6 Å². The molecule has 4 rings (SSSR count). The first-order chi connectivity index (χ1) is 14.7. The van der Waals surface area contributed by atoms with E-state index in [1.54, 1.807) is 16.5 Å². The number of anilines is 1. The van der Waals surface area contributed by atoms with Crippen LogP contribution in [0.25, 0.3) is 5.65 Å². The molecule has 0 bridgehead atoms. The van der Waals surface area contributed by atoms with Crippen molar-refractivity contribution in [1.29, 1.82) is 0 Å². The van der Waals surface area contributed by atoms with Crippen LogP contribution in [-0.4, -0.2) is 84.9 Å². The van der Waals surface area contributed by atoms with Gasteiger partial charge in [0.25, 0.3) is 5.56 Å². The predicted molar refractivity (Wildman–Crippen MR) is 137 cm³/mol. The normalized spacial score (nSPS) is 17.1. The van der Waals surface area contributed by atoms with E-state index in [9.17, 15) is 4.79 Å². The van der Waals surface area contributed by atoms with Crippen molar-refractivity contribution in [3.63, 3.8) is 0 Å². The average Bonchev–Trinajstić information content (AvgIpc) is 2.79. The molecule has 0 saturated carbocycles. The molecule has 12 heteroatoms. The van der Waals surface area contributed by atoms with E-state index in [0.29, 0.717) is 23.4 Å². The number of hydrogen-bond acceptors (Lipinski definition) is 8. The highest BCUT2D eigenvalue weighted by Crippen LogP contribution is 2.15. The summed E-state index contributed by atoms with van der Waals surface area (Å²) in [6.07, 6.45) is 1.40. The van der Waals surface area contributed by atoms with Crippen molar-refractivity contribution >= 4 is 48.6 Å². The number of nitrogen functional groups attached to an aromatic ring is 1. The molecule has 0 spiro atoms. The summed E-state index contributed by atoms with van der Waals surface area (Å²) in [6, 6.07) is 3.59. The first kappa shape index (κ1) is 29.9. The molecule has 0 atom stereocenters. The van der Waals surface area contributed by atoms with Gasteiger partial charge in [0, 0.05) is 57.8 Å². The minimum Gasteiger partial charge on any atom is -0.397 e. The van der Waals surface area contributed by atoms with Gasteiger partial charge in [0.15, 0.2) is 0 Å². The molecule has 2 aliphatic rings. The lowest BCUT2D eigenvalue weighted by atomic mass is 10.1. The lowest BCUT2D eigenvalue weighted by molar-refractivity contribution is 0.0376. The molecule has 4 N–H and O–H groups in total. The number of nitrogens with two attached hydrogens (primary N) is 2. The second kappa shape index (κ2) is 14.3. The number of aromatic nitrogens is 2. The van der Waals surface area contributed by atoms with Crippen molar-refractivity contribution in [2.75, 3.05) is 71.4 Å². The maximum atomic E-state index is 13.5. The van der Waals surface area contributed by atoms with Crippen LogP contribution in [0.5, 0.6) is 0 Å². The molecule has 0 radical (unpaired) electrons. The Morgan fingerprint density at radius 3 is 1.97 bits per heavy atom. The zero-order chi connectivity index (χ0) is 20.9. The highest BCUT2D eigenvalue weighted by atomic mass is 35.5. The summed E-state index contributed by atoms with van der Waals surface area (Å²) in [4.78, 5) is 23.1. The molecule has 0 aliphatic carbocycles. The monoisotopic (exact) mass is 524 g/mol. The summed E-state index contributed by atoms with van der Waals surface area (Å²) < 4.78 is 12.5. The highest BCUT2D eigenvalue weighted by Gasteiger charge is 2.19. The molecular weight excluding hydrogens is 491 g/mol. The third-order valence-electron chi connectivity index (χ3n) is 6.05. The van der Waals surface area contributed by atoms with Crippen LogP contribution in [0.4, 0.5) is 5.69 Å². The Kier molecular flexibility index (Phi) is 12.9. The molecule has 2 aromatic heterocycles. The van der Waals surface area contributed by atoms with Gasteiger partial charge in [-0.15, -0.1) is 37.2 Å². The smallest absolute Gasteiger partial charge is 0.261 e. The Bertz CT molecular complexity index is 934. The fourth-order valence-electron chi connectivity index (χ4n) is 4.23. The lowest BCUT2D eigenvalue weighted by Gasteiger charge is -2.27. The van der Waals surface area contributed by atoms with Gasteiger partial charge in [0.05, 0.1) is 43.5 Å². The standard InChI is InChI=1S/C21H32N6O3.3ClH/c22-15-19-17(23)1-2-20-24-18(4-6-26-9-13-30-14-10-26)16(21(28)27(19)20)3-5-25-7-11-29-12-8-25;;;/h1-2H,3-15,22-23H2;3*1H. The molecule has 2 fully saturated rings. The van der Waals surface area contributed by atoms with E-state index in [-0.39, 0.29) is 49.3 Å². The molecule has 0 amide bonds. The Labute approximate surface area is 213 Å². The number of ether oxygens (including phenoxy) is 2. The molecule has 9 nitrogen and oxygen atoms in total. The molecule has 33 heavy (non-hydrogen) atoms. The second-order valence-electron chi connectivity index (χ2n) is 7.88. The van der Waals surface area contributed by atoms with Crippen molar-refractivity contribution in [2.45, 2.75) is 19.4 Å². The third kappa shape index (κ3) is 7.16. The number of fused-ring (bicyclic) bond motifs is 1. The van der Waals surface area contributed by atoms with E-state index in [2.05, 4.69) is 9.80 Å². The van der Waals surface area contributed by atoms with Gasteiger partial charge in [0.2, 0.25) is 0 Å². The molecule has 188 valence electrons. The van der Waals surface area contributed by atoms with Gasteiger partial charge in [-0.25, -0.2) is 4.98 Å². The van der Waals surface area contributed by atoms with E-state index in [1.807, 2.05) is 0 Å². The number of pyridine rings is 1. The fraction of sp³-hybridized carbons (Fsp3) is 0.619. The minimum absolute atomic E-state index is 0. The second-order valence-corrected chi connectivity index (χ2v) is 7.88. The zero-order valence-corrected chi connectivity index (χ0v) is 21.2. The van der Waals surface area contributed by atoms with Crippen LogP contribution in [0, 0.1) is 0 Å². The minimum atomic E-state index is -0.0435. The number of rotatable bonds is 7. The number of hydrogen-bond donors (Lipinski definition) is 2. The van der Waals surface area contributed by atoms with E-state index in [0.717, 1.165) is 83.4 Å². The summed E-state index contributed by atoms with van der Waals surface area (Å²) in [5.74, 6) is 0. The molecular formula is C21H35Cl3N6O3. The maximum absolute atomic E-state index is 13.5. The van der Waals surface area contributed by atoms with Gasteiger partial charge in [0.1, 0.15) is 5.65 Å². The fourth-order valence-corrected chi connectivity index (χ4v) is 4.23. The van der Waals surface area contributed by atoms with Gasteiger partial charge in [-0.3, -0.25) is 19.0 Å². The zero-order valence-electron chi connectivity index (χ0n) is 18.7. The van der Waals surface area contributed by atoms with Crippen molar-refractivity contribution in [3.05, 3.63) is 39.4 Å². The van der Waals surface area contributed by atoms with Crippen molar-refractivity contribution < 1.29 is 9.47 Å². The van der Waals surface area contributed by atoms with Crippen LogP contribution in [0.3, 0.4) is 0 Å². The average molecular weight is 526 g/mol. The Balaban J connectivity index is 0.00000181. The summed E-state index contributed by atoms with van der Waals surface area (Å²) in [6.45, 7) is 8.52. The van der Waals surface area contributed by atoms with Crippen LogP contribution >= 0.6 is 37.2 Å². The molecule has 2 aromatic rings. The summed E-state index contributed by atoms with van der Waals surface area (Å²) >= 11 is 0. The SMILES string of the molecule is Cl.Cl.Cl.NCc1c(N)ccc2nc(CCN3CCOCC3)c(CCN3CCOCC3)c(=O)n12. The summed E-state index contributed by atoms with van der Waals surface area (Å²) in [7, 11) is 0. The molecule has 2 saturated heterocycles. The highest BCUT2D eigenvalue weighted by molar-refractivity contribution is 5.86. The Morgan fingerprint density at radius 1 is 0.879 bits per heavy atom. The first-order valence-electron chi connectivity index (χ1n) is 10.8. The van der Waals surface area contributed by atoms with E-state index < -0.39 is 0 Å². The number of halogens is 3. The van der Waals surface area contributed by atoms with E-state index >= 15 is 0 Å². The third-order valence-corrected chi connectivity index (χ3v) is 6.05. The molecule has 2 aliphatic heterocycles. The van der Waals surface area contributed by atoms with Crippen LogP contribution in [-0.2, 0) is 28.9 Å². The number of nitrogens with zero attached hydrogens (tertiary/aromatic N) is 4. The van der Waals surface area contributed by atoms with Gasteiger partial charge in [-0.2, -0.15) is 0 Å². The van der Waals surface area contributed by atoms with Crippen molar-refractivity contribution in [2.24, 2.45) is 5.73 Å². The van der Waals surface area contributed by atoms with Crippen LogP contribution < -0.4 is 17.0 Å². The van der Waals surface area contributed by atoms with Gasteiger partial charge >= 0.3 is 0 Å². The molecule has 4 heterocycles. The summed E-state index contributed by atoms with van der Waals surface area (Å²) in [5.41, 5.74) is 15.4. The van der Waals surface area contributed by atoms with Crippen LogP contribution in [0.15, 0.2) is 16.9 Å². The Morgan fingerprint density at radius 2 is 1.42 bits per heavy atom. The largest absolute Gasteiger partial charge is 0.397 e. The Hall–Kier alpha value is -1.17. The predicted octanol–water partition coefficient (Wildman–Crippen LogP) is 0.750. The van der Waals surface area contributed by atoms with Crippen molar-refractivity contribution in [1.82, 2.24) is 19.2 Å². The van der Waals surface area contributed by atoms with Gasteiger partial charge < -0.3 is 20.9 Å². The van der Waals surface area contributed by atoms with Crippen LogP contribution in [0.2, 0.25) is 0 Å². The quantitative estimate of drug-likeness (QED) is 0.545. The van der Waals surface area contributed by atoms with Crippen molar-refractivity contribution in [3.8, 4) is 0 Å². The maximum Gasteiger partial charge on any atom is 0.261 e. The first-order valence-corrected chi connectivity index (χ1v) is 10.8.